The van der Waals surface area contributed by atoms with E-state index in [0.29, 0.717) is 37.6 Å². The largest absolute Gasteiger partial charge is 0.497 e. The summed E-state index contributed by atoms with van der Waals surface area (Å²) in [6.45, 7) is 2.02. The van der Waals surface area contributed by atoms with Gasteiger partial charge >= 0.3 is 0 Å². The maximum absolute atomic E-state index is 12.8. The van der Waals surface area contributed by atoms with E-state index in [1.54, 1.807) is 29.4 Å². The maximum atomic E-state index is 12.8. The van der Waals surface area contributed by atoms with Crippen LogP contribution in [0.4, 0.5) is 0 Å². The molecule has 0 bridgehead atoms. The molecule has 0 unspecified atom stereocenters. The molecular formula is C23H22N6O3S. The van der Waals surface area contributed by atoms with Crippen LogP contribution in [-0.4, -0.2) is 37.2 Å². The fourth-order valence-corrected chi connectivity index (χ4v) is 4.46. The number of furan rings is 1. The Labute approximate surface area is 193 Å². The van der Waals surface area contributed by atoms with Gasteiger partial charge in [0.1, 0.15) is 18.1 Å². The summed E-state index contributed by atoms with van der Waals surface area (Å²) in [7, 11) is 1.63. The Hall–Kier alpha value is -3.76. The van der Waals surface area contributed by atoms with Crippen LogP contribution in [-0.2, 0) is 26.2 Å². The number of methoxy groups -OCH3 is 1. The smallest absolute Gasteiger partial charge is 0.252 e. The Kier molecular flexibility index (Phi) is 6.01. The summed E-state index contributed by atoms with van der Waals surface area (Å²) in [5.41, 5.74) is 1.33. The summed E-state index contributed by atoms with van der Waals surface area (Å²) in [6.07, 6.45) is 1.63. The Morgan fingerprint density at radius 2 is 2.09 bits per heavy atom. The third-order valence-electron chi connectivity index (χ3n) is 5.34. The molecule has 0 atom stereocenters. The van der Waals surface area contributed by atoms with Gasteiger partial charge in [-0.05, 0) is 58.3 Å². The van der Waals surface area contributed by atoms with Gasteiger partial charge < -0.3 is 14.1 Å². The number of benzene rings is 1. The second kappa shape index (κ2) is 9.39. The van der Waals surface area contributed by atoms with E-state index in [2.05, 4.69) is 31.5 Å². The number of tetrazole rings is 1. The molecule has 0 saturated heterocycles. The Bertz CT molecular complexity index is 1390. The quantitative estimate of drug-likeness (QED) is 0.358. The van der Waals surface area contributed by atoms with Crippen molar-refractivity contribution in [2.75, 3.05) is 7.11 Å². The number of hydrogen-bond acceptors (Lipinski definition) is 8. The standard InChI is InChI=1S/C23H22N6O3S/c1-31-18-6-7-21-16(11-18)10-17(23(30)24-21)12-28(14-20-5-3-9-33-20)15-22-25-26-27-29(22)13-19-4-2-8-32-19/h2-11H,12-15H2,1H3,(H,24,30). The molecule has 33 heavy (non-hydrogen) atoms. The second-order valence-corrected chi connectivity index (χ2v) is 8.67. The van der Waals surface area contributed by atoms with E-state index in [0.717, 1.165) is 22.4 Å². The third kappa shape index (κ3) is 4.86. The lowest BCUT2D eigenvalue weighted by Gasteiger charge is -2.21. The summed E-state index contributed by atoms with van der Waals surface area (Å²) in [5, 5.41) is 15.2. The highest BCUT2D eigenvalue weighted by atomic mass is 32.1. The second-order valence-electron chi connectivity index (χ2n) is 7.63. The first-order chi connectivity index (χ1) is 16.2. The molecule has 5 aromatic rings. The van der Waals surface area contributed by atoms with E-state index >= 15 is 0 Å². The molecule has 0 radical (unpaired) electrons. The van der Waals surface area contributed by atoms with Crippen molar-refractivity contribution in [3.05, 3.63) is 92.6 Å². The van der Waals surface area contributed by atoms with Crippen LogP contribution < -0.4 is 10.3 Å². The highest BCUT2D eigenvalue weighted by Gasteiger charge is 2.17. The van der Waals surface area contributed by atoms with Crippen LogP contribution in [0.15, 0.2) is 69.4 Å². The predicted molar refractivity (Wildman–Crippen MR) is 124 cm³/mol. The van der Waals surface area contributed by atoms with Crippen molar-refractivity contribution in [2.45, 2.75) is 26.2 Å². The molecule has 0 saturated carbocycles. The molecule has 9 nitrogen and oxygen atoms in total. The van der Waals surface area contributed by atoms with E-state index in [-0.39, 0.29) is 5.56 Å². The van der Waals surface area contributed by atoms with E-state index in [1.807, 2.05) is 47.8 Å². The number of thiophene rings is 1. The number of aromatic nitrogens is 5. The van der Waals surface area contributed by atoms with Crippen LogP contribution in [0.2, 0.25) is 0 Å². The minimum absolute atomic E-state index is 0.112. The first-order valence-electron chi connectivity index (χ1n) is 10.4. The minimum Gasteiger partial charge on any atom is -0.497 e. The van der Waals surface area contributed by atoms with E-state index in [4.69, 9.17) is 9.15 Å². The number of fused-ring (bicyclic) bond motifs is 1. The molecule has 4 heterocycles. The molecule has 5 rings (SSSR count). The first kappa shape index (κ1) is 21.1. The van der Waals surface area contributed by atoms with Gasteiger partial charge in [-0.2, -0.15) is 0 Å². The molecule has 0 aliphatic heterocycles. The zero-order valence-corrected chi connectivity index (χ0v) is 18.8. The maximum Gasteiger partial charge on any atom is 0.252 e. The van der Waals surface area contributed by atoms with E-state index < -0.39 is 0 Å². The lowest BCUT2D eigenvalue weighted by Crippen LogP contribution is -2.27. The summed E-state index contributed by atoms with van der Waals surface area (Å²) in [4.78, 5) is 19.2. The molecule has 1 aromatic carbocycles. The van der Waals surface area contributed by atoms with Crippen LogP contribution in [0, 0.1) is 0 Å². The van der Waals surface area contributed by atoms with Crippen molar-refractivity contribution in [1.29, 1.82) is 0 Å². The Morgan fingerprint density at radius 3 is 2.88 bits per heavy atom. The van der Waals surface area contributed by atoms with Crippen molar-refractivity contribution in [3.8, 4) is 5.75 Å². The highest BCUT2D eigenvalue weighted by Crippen LogP contribution is 2.21. The van der Waals surface area contributed by atoms with Gasteiger partial charge in [0.05, 0.1) is 19.9 Å². The van der Waals surface area contributed by atoms with Gasteiger partial charge in [-0.15, -0.1) is 16.4 Å². The van der Waals surface area contributed by atoms with Crippen molar-refractivity contribution >= 4 is 22.2 Å². The third-order valence-corrected chi connectivity index (χ3v) is 6.20. The monoisotopic (exact) mass is 462 g/mol. The van der Waals surface area contributed by atoms with Crippen molar-refractivity contribution in [3.63, 3.8) is 0 Å². The first-order valence-corrected chi connectivity index (χ1v) is 11.3. The number of hydrogen-bond donors (Lipinski definition) is 1. The van der Waals surface area contributed by atoms with Gasteiger partial charge in [0.2, 0.25) is 0 Å². The van der Waals surface area contributed by atoms with Crippen LogP contribution in [0.3, 0.4) is 0 Å². The molecule has 0 amide bonds. The summed E-state index contributed by atoms with van der Waals surface area (Å²) < 4.78 is 12.5. The minimum atomic E-state index is -0.112. The fraction of sp³-hybridized carbons (Fsp3) is 0.217. The Balaban J connectivity index is 1.43. The van der Waals surface area contributed by atoms with Gasteiger partial charge in [0, 0.05) is 34.4 Å². The van der Waals surface area contributed by atoms with Gasteiger partial charge in [-0.25, -0.2) is 4.68 Å². The van der Waals surface area contributed by atoms with E-state index in [9.17, 15) is 4.79 Å². The lowest BCUT2D eigenvalue weighted by molar-refractivity contribution is 0.237. The number of ether oxygens (including phenoxy) is 1. The molecule has 0 aliphatic carbocycles. The molecule has 0 spiro atoms. The zero-order chi connectivity index (χ0) is 22.6. The number of nitrogens with one attached hydrogen (secondary N) is 1. The topological polar surface area (TPSA) is 102 Å². The van der Waals surface area contributed by atoms with Crippen LogP contribution in [0.5, 0.6) is 5.75 Å². The predicted octanol–water partition coefficient (Wildman–Crippen LogP) is 3.43. The van der Waals surface area contributed by atoms with Crippen molar-refractivity contribution < 1.29 is 9.15 Å². The van der Waals surface area contributed by atoms with Gasteiger partial charge in [-0.1, -0.05) is 6.07 Å². The van der Waals surface area contributed by atoms with Gasteiger partial charge in [0.15, 0.2) is 5.82 Å². The number of H-pyrrole nitrogens is 1. The van der Waals surface area contributed by atoms with Crippen LogP contribution in [0.25, 0.3) is 10.9 Å². The Morgan fingerprint density at radius 1 is 1.15 bits per heavy atom. The average Bonchev–Trinajstić information content (AvgIpc) is 3.59. The molecule has 168 valence electrons. The number of nitrogens with zero attached hydrogens (tertiary/aromatic N) is 5. The lowest BCUT2D eigenvalue weighted by atomic mass is 10.1. The number of aromatic amines is 1. The molecular weight excluding hydrogens is 440 g/mol. The number of rotatable bonds is 9. The van der Waals surface area contributed by atoms with Crippen molar-refractivity contribution in [2.24, 2.45) is 0 Å². The summed E-state index contributed by atoms with van der Waals surface area (Å²) in [5.74, 6) is 2.21. The highest BCUT2D eigenvalue weighted by molar-refractivity contribution is 7.09. The summed E-state index contributed by atoms with van der Waals surface area (Å²) in [6, 6.07) is 15.4. The molecule has 10 heteroatoms. The van der Waals surface area contributed by atoms with Crippen LogP contribution >= 0.6 is 11.3 Å². The summed E-state index contributed by atoms with van der Waals surface area (Å²) >= 11 is 1.68. The van der Waals surface area contributed by atoms with Gasteiger partial charge in [0.25, 0.3) is 5.56 Å². The van der Waals surface area contributed by atoms with Gasteiger partial charge in [-0.3, -0.25) is 9.69 Å². The van der Waals surface area contributed by atoms with Crippen LogP contribution in [0.1, 0.15) is 22.0 Å². The number of pyridine rings is 1. The zero-order valence-electron chi connectivity index (χ0n) is 18.0. The molecule has 1 N–H and O–H groups in total. The fourth-order valence-electron chi connectivity index (χ4n) is 3.72. The molecule has 0 fully saturated rings. The normalized spacial score (nSPS) is 11.5. The average molecular weight is 463 g/mol. The van der Waals surface area contributed by atoms with Crippen molar-refractivity contribution in [1.82, 2.24) is 30.1 Å². The van der Waals surface area contributed by atoms with E-state index in [1.165, 1.54) is 4.88 Å². The molecule has 0 aliphatic rings. The SMILES string of the molecule is COc1ccc2[nH]c(=O)c(CN(Cc3cccs3)Cc3nnnn3Cc3ccco3)cc2c1. The molecule has 4 aromatic heterocycles.